The molecule has 4 heteroatoms. The van der Waals surface area contributed by atoms with E-state index in [0.717, 1.165) is 16.5 Å². The molecule has 1 aromatic carbocycles. The lowest BCUT2D eigenvalue weighted by Gasteiger charge is -2.06. The van der Waals surface area contributed by atoms with Crippen LogP contribution in [0, 0.1) is 0 Å². The Bertz CT molecular complexity index is 479. The topological polar surface area (TPSA) is 27.1 Å². The number of benzene rings is 1. The maximum atomic E-state index is 5.20. The molecule has 0 N–H and O–H groups in total. The Balaban J connectivity index is 2.67. The van der Waals surface area contributed by atoms with Crippen molar-refractivity contribution in [3.8, 4) is 0 Å². The summed E-state index contributed by atoms with van der Waals surface area (Å²) >= 11 is 3.48. The first-order valence-corrected chi connectivity index (χ1v) is 5.67. The van der Waals surface area contributed by atoms with Gasteiger partial charge in [-0.05, 0) is 19.1 Å². The monoisotopic (exact) mass is 268 g/mol. The second-order valence-corrected chi connectivity index (χ2v) is 4.31. The van der Waals surface area contributed by atoms with Crippen molar-refractivity contribution in [2.24, 2.45) is 0 Å². The van der Waals surface area contributed by atoms with Crippen LogP contribution in [-0.4, -0.2) is 16.7 Å². The molecule has 0 aliphatic heterocycles. The number of hydrogen-bond acceptors (Lipinski definition) is 2. The van der Waals surface area contributed by atoms with E-state index >= 15 is 0 Å². The van der Waals surface area contributed by atoms with Gasteiger partial charge in [-0.25, -0.2) is 4.98 Å². The second-order valence-electron chi connectivity index (χ2n) is 3.40. The molecule has 0 bridgehead atoms. The van der Waals surface area contributed by atoms with E-state index in [1.165, 1.54) is 11.1 Å². The van der Waals surface area contributed by atoms with E-state index in [0.29, 0.717) is 6.61 Å². The summed E-state index contributed by atoms with van der Waals surface area (Å²) in [7, 11) is 1.71. The van der Waals surface area contributed by atoms with E-state index in [1.807, 2.05) is 12.4 Å². The fraction of sp³-hybridized carbons (Fsp3) is 0.364. The second kappa shape index (κ2) is 4.33. The average Bonchev–Trinajstić information content (AvgIpc) is 2.61. The summed E-state index contributed by atoms with van der Waals surface area (Å²) in [5, 5.41) is 0. The van der Waals surface area contributed by atoms with Crippen LogP contribution >= 0.6 is 15.9 Å². The lowest BCUT2D eigenvalue weighted by molar-refractivity contribution is 0.185. The van der Waals surface area contributed by atoms with Gasteiger partial charge in [0, 0.05) is 23.7 Å². The van der Waals surface area contributed by atoms with Crippen molar-refractivity contribution in [2.45, 2.75) is 20.1 Å². The Hall–Kier alpha value is -0.870. The number of aromatic nitrogens is 2. The summed E-state index contributed by atoms with van der Waals surface area (Å²) in [5.41, 5.74) is 3.35. The van der Waals surface area contributed by atoms with E-state index < -0.39 is 0 Å². The molecule has 0 aliphatic rings. The van der Waals surface area contributed by atoms with Crippen LogP contribution < -0.4 is 0 Å². The maximum absolute atomic E-state index is 5.20. The van der Waals surface area contributed by atoms with Gasteiger partial charge in [-0.1, -0.05) is 15.9 Å². The van der Waals surface area contributed by atoms with Crippen LogP contribution in [0.5, 0.6) is 0 Å². The molecule has 0 unspecified atom stereocenters. The highest BCUT2D eigenvalue weighted by Crippen LogP contribution is 2.24. The number of imidazole rings is 1. The van der Waals surface area contributed by atoms with Crippen LogP contribution in [0.3, 0.4) is 0 Å². The molecule has 2 rings (SSSR count). The molecule has 15 heavy (non-hydrogen) atoms. The molecular weight excluding hydrogens is 256 g/mol. The minimum absolute atomic E-state index is 0.613. The Morgan fingerprint density at radius 2 is 2.27 bits per heavy atom. The molecule has 0 aliphatic carbocycles. The van der Waals surface area contributed by atoms with Crippen molar-refractivity contribution < 1.29 is 4.74 Å². The fourth-order valence-electron chi connectivity index (χ4n) is 1.76. The normalized spacial score (nSPS) is 11.1. The largest absolute Gasteiger partial charge is 0.380 e. The molecule has 0 spiro atoms. The van der Waals surface area contributed by atoms with E-state index in [1.54, 1.807) is 7.11 Å². The summed E-state index contributed by atoms with van der Waals surface area (Å²) in [4.78, 5) is 4.37. The molecule has 80 valence electrons. The van der Waals surface area contributed by atoms with Crippen molar-refractivity contribution in [3.63, 3.8) is 0 Å². The van der Waals surface area contributed by atoms with E-state index in [9.17, 15) is 0 Å². The van der Waals surface area contributed by atoms with E-state index in [-0.39, 0.29) is 0 Å². The summed E-state index contributed by atoms with van der Waals surface area (Å²) in [6, 6.07) is 4.11. The van der Waals surface area contributed by atoms with Gasteiger partial charge in [-0.2, -0.15) is 0 Å². The SMILES string of the molecule is CCn1cnc2cc(Br)cc(COC)c21. The summed E-state index contributed by atoms with van der Waals surface area (Å²) in [6.07, 6.45) is 1.87. The highest BCUT2D eigenvalue weighted by molar-refractivity contribution is 9.10. The fourth-order valence-corrected chi connectivity index (χ4v) is 2.26. The number of rotatable bonds is 3. The number of ether oxygens (including phenoxy) is 1. The molecule has 0 atom stereocenters. The Labute approximate surface area is 97.2 Å². The van der Waals surface area contributed by atoms with Crippen LogP contribution in [0.4, 0.5) is 0 Å². The van der Waals surface area contributed by atoms with Gasteiger partial charge in [0.2, 0.25) is 0 Å². The third-order valence-corrected chi connectivity index (χ3v) is 2.86. The molecular formula is C11H13BrN2O. The standard InChI is InChI=1S/C11H13BrN2O/c1-3-14-7-13-10-5-9(12)4-8(6-15-2)11(10)14/h4-5,7H,3,6H2,1-2H3. The quantitative estimate of drug-likeness (QED) is 0.856. The molecule has 0 saturated heterocycles. The zero-order valence-corrected chi connectivity index (χ0v) is 10.4. The highest BCUT2D eigenvalue weighted by atomic mass is 79.9. The summed E-state index contributed by atoms with van der Waals surface area (Å²) in [6.45, 7) is 3.65. The third kappa shape index (κ3) is 1.92. The third-order valence-electron chi connectivity index (χ3n) is 2.40. The minimum Gasteiger partial charge on any atom is -0.380 e. The van der Waals surface area contributed by atoms with Gasteiger partial charge < -0.3 is 9.30 Å². The smallest absolute Gasteiger partial charge is 0.0958 e. The summed E-state index contributed by atoms with van der Waals surface area (Å²) in [5.74, 6) is 0. The molecule has 1 aromatic heterocycles. The van der Waals surface area contributed by atoms with Gasteiger partial charge in [0.1, 0.15) is 0 Å². The van der Waals surface area contributed by atoms with Gasteiger partial charge in [-0.3, -0.25) is 0 Å². The predicted molar refractivity (Wildman–Crippen MR) is 63.8 cm³/mol. The van der Waals surface area contributed by atoms with E-state index in [4.69, 9.17) is 4.74 Å². The first-order chi connectivity index (χ1) is 7.26. The zero-order valence-electron chi connectivity index (χ0n) is 8.83. The van der Waals surface area contributed by atoms with Gasteiger partial charge in [0.05, 0.1) is 24.0 Å². The Morgan fingerprint density at radius 1 is 1.47 bits per heavy atom. The van der Waals surface area contributed by atoms with Crippen LogP contribution in [0.15, 0.2) is 22.9 Å². The molecule has 0 amide bonds. The van der Waals surface area contributed by atoms with Gasteiger partial charge >= 0.3 is 0 Å². The maximum Gasteiger partial charge on any atom is 0.0958 e. The molecule has 1 heterocycles. The van der Waals surface area contributed by atoms with Gasteiger partial charge in [0.25, 0.3) is 0 Å². The van der Waals surface area contributed by atoms with Crippen molar-refractivity contribution in [2.75, 3.05) is 7.11 Å². The van der Waals surface area contributed by atoms with Gasteiger partial charge in [-0.15, -0.1) is 0 Å². The molecule has 0 fully saturated rings. The van der Waals surface area contributed by atoms with Crippen LogP contribution in [0.25, 0.3) is 11.0 Å². The van der Waals surface area contributed by atoms with Crippen molar-refractivity contribution in [1.29, 1.82) is 0 Å². The zero-order chi connectivity index (χ0) is 10.8. The van der Waals surface area contributed by atoms with Crippen LogP contribution in [0.2, 0.25) is 0 Å². The van der Waals surface area contributed by atoms with Gasteiger partial charge in [0.15, 0.2) is 0 Å². The van der Waals surface area contributed by atoms with Crippen LogP contribution in [-0.2, 0) is 17.9 Å². The van der Waals surface area contributed by atoms with Crippen molar-refractivity contribution in [1.82, 2.24) is 9.55 Å². The average molecular weight is 269 g/mol. The lowest BCUT2D eigenvalue weighted by atomic mass is 10.2. The highest BCUT2D eigenvalue weighted by Gasteiger charge is 2.08. The number of aryl methyl sites for hydroxylation is 1. The summed E-state index contributed by atoms with van der Waals surface area (Å²) < 4.78 is 8.38. The number of halogens is 1. The number of nitrogens with zero attached hydrogens (tertiary/aromatic N) is 2. The lowest BCUT2D eigenvalue weighted by Crippen LogP contribution is -1.97. The van der Waals surface area contributed by atoms with Crippen molar-refractivity contribution in [3.05, 3.63) is 28.5 Å². The number of hydrogen-bond donors (Lipinski definition) is 0. The number of fused-ring (bicyclic) bond motifs is 1. The minimum atomic E-state index is 0.613. The number of methoxy groups -OCH3 is 1. The molecule has 0 saturated carbocycles. The Kier molecular flexibility index (Phi) is 3.07. The first-order valence-electron chi connectivity index (χ1n) is 4.88. The van der Waals surface area contributed by atoms with E-state index in [2.05, 4.69) is 38.5 Å². The predicted octanol–water partition coefficient (Wildman–Crippen LogP) is 2.97. The molecule has 2 aromatic rings. The molecule has 0 radical (unpaired) electrons. The van der Waals surface area contributed by atoms with Crippen molar-refractivity contribution >= 4 is 27.0 Å². The molecule has 3 nitrogen and oxygen atoms in total. The van der Waals surface area contributed by atoms with Crippen LogP contribution in [0.1, 0.15) is 12.5 Å². The first kappa shape index (κ1) is 10.6. The Morgan fingerprint density at radius 3 is 2.93 bits per heavy atom.